The first-order valence-electron chi connectivity index (χ1n) is 10.4. The molecule has 4 aromatic rings. The molecule has 1 saturated heterocycles. The fourth-order valence-electron chi connectivity index (χ4n) is 4.07. The molecule has 0 saturated carbocycles. The van der Waals surface area contributed by atoms with Crippen molar-refractivity contribution in [1.29, 1.82) is 0 Å². The van der Waals surface area contributed by atoms with Gasteiger partial charge in [0.15, 0.2) is 11.4 Å². The number of fused-ring (bicyclic) bond motifs is 1. The Kier molecular flexibility index (Phi) is 5.41. The normalized spacial score (nSPS) is 15.9. The van der Waals surface area contributed by atoms with Crippen molar-refractivity contribution in [3.63, 3.8) is 0 Å². The molecule has 0 radical (unpaired) electrons. The lowest BCUT2D eigenvalue weighted by atomic mass is 10.1. The van der Waals surface area contributed by atoms with E-state index in [1.165, 1.54) is 0 Å². The average molecular weight is 482 g/mol. The predicted octanol–water partition coefficient (Wildman–Crippen LogP) is 5.10. The highest BCUT2D eigenvalue weighted by Crippen LogP contribution is 2.39. The molecule has 1 aromatic carbocycles. The molecular weight excluding hydrogens is 458 g/mol. The summed E-state index contributed by atoms with van der Waals surface area (Å²) >= 11 is 3.51. The fraction of sp³-hybridized carbons (Fsp3) is 0.304. The Labute approximate surface area is 188 Å². The third-order valence-electron chi connectivity index (χ3n) is 5.81. The van der Waals surface area contributed by atoms with Gasteiger partial charge in [-0.1, -0.05) is 28.1 Å². The quantitative estimate of drug-likeness (QED) is 0.411. The monoisotopic (exact) mass is 481 g/mol. The maximum Gasteiger partial charge on any atom is 0.205 e. The van der Waals surface area contributed by atoms with E-state index < -0.39 is 0 Å². The first-order valence-corrected chi connectivity index (χ1v) is 11.2. The van der Waals surface area contributed by atoms with E-state index in [9.17, 15) is 0 Å². The molecule has 7 nitrogen and oxygen atoms in total. The molecule has 5 rings (SSSR count). The maximum atomic E-state index is 6.22. The number of nitrogens with zero attached hydrogens (tertiary/aromatic N) is 3. The van der Waals surface area contributed by atoms with E-state index in [2.05, 4.69) is 42.2 Å². The van der Waals surface area contributed by atoms with Crippen molar-refractivity contribution in [3.05, 3.63) is 59.2 Å². The minimum absolute atomic E-state index is 0.219. The Morgan fingerprint density at radius 2 is 2.13 bits per heavy atom. The van der Waals surface area contributed by atoms with E-state index in [4.69, 9.17) is 14.9 Å². The van der Waals surface area contributed by atoms with Crippen molar-refractivity contribution in [1.82, 2.24) is 20.1 Å². The molecule has 0 aliphatic carbocycles. The molecule has 4 heterocycles. The fourth-order valence-corrected chi connectivity index (χ4v) is 4.49. The van der Waals surface area contributed by atoms with Crippen LogP contribution in [-0.2, 0) is 0 Å². The van der Waals surface area contributed by atoms with Gasteiger partial charge in [0.05, 0.1) is 17.6 Å². The lowest BCUT2D eigenvalue weighted by Gasteiger charge is -2.22. The molecule has 8 heteroatoms. The van der Waals surface area contributed by atoms with Gasteiger partial charge in [-0.25, -0.2) is 4.98 Å². The number of nitrogens with one attached hydrogen (secondary N) is 1. The number of nitrogen functional groups attached to an aromatic ring is 1. The molecule has 1 aliphatic rings. The molecule has 1 aliphatic heterocycles. The predicted molar refractivity (Wildman–Crippen MR) is 124 cm³/mol. The Hall–Kier alpha value is -2.84. The topological polar surface area (TPSA) is 91.1 Å². The van der Waals surface area contributed by atoms with Gasteiger partial charge in [-0.3, -0.25) is 4.68 Å². The molecule has 1 fully saturated rings. The molecule has 31 heavy (non-hydrogen) atoms. The van der Waals surface area contributed by atoms with Crippen LogP contribution in [-0.4, -0.2) is 27.9 Å². The minimum atomic E-state index is -0.219. The van der Waals surface area contributed by atoms with Crippen molar-refractivity contribution in [2.24, 2.45) is 0 Å². The van der Waals surface area contributed by atoms with Gasteiger partial charge in [-0.15, -0.1) is 0 Å². The van der Waals surface area contributed by atoms with Crippen molar-refractivity contribution in [3.8, 4) is 16.9 Å². The highest BCUT2D eigenvalue weighted by atomic mass is 79.9. The molecule has 0 amide bonds. The largest absolute Gasteiger partial charge is 0.479 e. The second kappa shape index (κ2) is 8.36. The van der Waals surface area contributed by atoms with Gasteiger partial charge in [-0.2, -0.15) is 5.10 Å². The summed E-state index contributed by atoms with van der Waals surface area (Å²) in [6, 6.07) is 8.42. The summed E-state index contributed by atoms with van der Waals surface area (Å²) in [5.41, 5.74) is 9.72. The number of hydrogen-bond acceptors (Lipinski definition) is 6. The summed E-state index contributed by atoms with van der Waals surface area (Å²) in [4.78, 5) is 4.37. The van der Waals surface area contributed by atoms with Gasteiger partial charge in [0, 0.05) is 28.0 Å². The molecule has 160 valence electrons. The standard InChI is InChI=1S/C23H24BrN5O2/c1-14(15-3-2-4-17(24)9-15)31-22-21-19(11-27-23(22)25)20(13-30-21)16-10-28-29(12-16)18-5-7-26-8-6-18/h2-4,9-14,18,26H,5-8H2,1H3,(H2,25,27). The first kappa shape index (κ1) is 20.1. The number of nitrogens with two attached hydrogens (primary N) is 1. The Balaban J connectivity index is 1.47. The zero-order chi connectivity index (χ0) is 21.4. The van der Waals surface area contributed by atoms with E-state index in [-0.39, 0.29) is 6.10 Å². The van der Waals surface area contributed by atoms with Crippen LogP contribution in [0.5, 0.6) is 5.75 Å². The van der Waals surface area contributed by atoms with E-state index >= 15 is 0 Å². The number of rotatable bonds is 5. The Bertz CT molecular complexity index is 1210. The first-order chi connectivity index (χ1) is 15.1. The van der Waals surface area contributed by atoms with Crippen LogP contribution in [0.3, 0.4) is 0 Å². The van der Waals surface area contributed by atoms with Gasteiger partial charge >= 0.3 is 0 Å². The maximum absolute atomic E-state index is 6.22. The molecular formula is C23H24BrN5O2. The van der Waals surface area contributed by atoms with Crippen molar-refractivity contribution >= 4 is 32.7 Å². The van der Waals surface area contributed by atoms with Crippen LogP contribution < -0.4 is 15.8 Å². The van der Waals surface area contributed by atoms with Crippen LogP contribution >= 0.6 is 15.9 Å². The molecule has 0 bridgehead atoms. The molecule has 3 N–H and O–H groups in total. The molecule has 3 aromatic heterocycles. The highest BCUT2D eigenvalue weighted by Gasteiger charge is 2.21. The SMILES string of the molecule is CC(Oc1c(N)ncc2c(-c3cnn(C4CCNCC4)c3)coc12)c1cccc(Br)c1. The second-order valence-electron chi connectivity index (χ2n) is 7.87. The van der Waals surface area contributed by atoms with Crippen LogP contribution in [0.1, 0.15) is 37.5 Å². The summed E-state index contributed by atoms with van der Waals surface area (Å²) in [5.74, 6) is 0.766. The van der Waals surface area contributed by atoms with E-state index in [1.54, 1.807) is 12.5 Å². The number of benzene rings is 1. The van der Waals surface area contributed by atoms with Crippen LogP contribution in [0, 0.1) is 0 Å². The number of pyridine rings is 1. The summed E-state index contributed by atoms with van der Waals surface area (Å²) in [5, 5.41) is 8.85. The minimum Gasteiger partial charge on any atom is -0.479 e. The van der Waals surface area contributed by atoms with Gasteiger partial charge in [0.25, 0.3) is 0 Å². The summed E-state index contributed by atoms with van der Waals surface area (Å²) in [6.07, 6.45) is 9.37. The summed E-state index contributed by atoms with van der Waals surface area (Å²) in [6.45, 7) is 4.02. The van der Waals surface area contributed by atoms with E-state index in [0.717, 1.165) is 52.5 Å². The van der Waals surface area contributed by atoms with Crippen LogP contribution in [0.15, 0.2) is 58.0 Å². The zero-order valence-electron chi connectivity index (χ0n) is 17.2. The van der Waals surface area contributed by atoms with Gasteiger partial charge in [0.2, 0.25) is 5.75 Å². The Morgan fingerprint density at radius 3 is 2.94 bits per heavy atom. The number of piperidine rings is 1. The Morgan fingerprint density at radius 1 is 1.29 bits per heavy atom. The zero-order valence-corrected chi connectivity index (χ0v) is 18.8. The van der Waals surface area contributed by atoms with Gasteiger partial charge in [-0.05, 0) is 50.6 Å². The summed E-state index contributed by atoms with van der Waals surface area (Å²) in [7, 11) is 0. The number of ether oxygens (including phenoxy) is 1. The third-order valence-corrected chi connectivity index (χ3v) is 6.30. The highest BCUT2D eigenvalue weighted by molar-refractivity contribution is 9.10. The molecule has 1 atom stereocenters. The lowest BCUT2D eigenvalue weighted by Crippen LogP contribution is -2.29. The number of furan rings is 1. The smallest absolute Gasteiger partial charge is 0.205 e. The number of aromatic nitrogens is 3. The molecule has 1 unspecified atom stereocenters. The number of anilines is 1. The van der Waals surface area contributed by atoms with Crippen LogP contribution in [0.25, 0.3) is 22.1 Å². The van der Waals surface area contributed by atoms with E-state index in [0.29, 0.717) is 23.2 Å². The number of halogens is 1. The molecule has 0 spiro atoms. The van der Waals surface area contributed by atoms with Crippen molar-refractivity contribution in [2.75, 3.05) is 18.8 Å². The van der Waals surface area contributed by atoms with Gasteiger partial charge in [0.1, 0.15) is 12.4 Å². The van der Waals surface area contributed by atoms with Crippen LogP contribution in [0.4, 0.5) is 5.82 Å². The third kappa shape index (κ3) is 3.93. The second-order valence-corrected chi connectivity index (χ2v) is 8.79. The average Bonchev–Trinajstić information content (AvgIpc) is 3.43. The van der Waals surface area contributed by atoms with Crippen molar-refractivity contribution in [2.45, 2.75) is 31.9 Å². The van der Waals surface area contributed by atoms with Gasteiger partial charge < -0.3 is 20.2 Å². The van der Waals surface area contributed by atoms with Crippen molar-refractivity contribution < 1.29 is 9.15 Å². The lowest BCUT2D eigenvalue weighted by molar-refractivity contribution is 0.227. The summed E-state index contributed by atoms with van der Waals surface area (Å²) < 4.78 is 15.2. The van der Waals surface area contributed by atoms with E-state index in [1.807, 2.05) is 37.4 Å². The number of hydrogen-bond donors (Lipinski definition) is 2. The van der Waals surface area contributed by atoms with Crippen LogP contribution in [0.2, 0.25) is 0 Å².